The van der Waals surface area contributed by atoms with Crippen LogP contribution in [-0.4, -0.2) is 42.5 Å². The first kappa shape index (κ1) is 40.4. The minimum absolute atomic E-state index is 0.0802. The van der Waals surface area contributed by atoms with Gasteiger partial charge in [-0.05, 0) is 71.0 Å². The van der Waals surface area contributed by atoms with E-state index in [2.05, 4.69) is 53.8 Å². The van der Waals surface area contributed by atoms with Crippen molar-refractivity contribution in [1.82, 2.24) is 10.2 Å². The largest absolute Gasteiger partial charge is 0.489 e. The van der Waals surface area contributed by atoms with Gasteiger partial charge in [0.25, 0.3) is 0 Å². The van der Waals surface area contributed by atoms with Crippen LogP contribution >= 0.6 is 0 Å². The van der Waals surface area contributed by atoms with Gasteiger partial charge in [-0.25, -0.2) is 0 Å². The molecular weight excluding hydrogens is 729 g/mol. The van der Waals surface area contributed by atoms with Gasteiger partial charge >= 0.3 is 5.97 Å². The lowest BCUT2D eigenvalue weighted by molar-refractivity contribution is -0.154. The average molecular weight is 779 g/mol. The molecule has 0 aliphatic heterocycles. The van der Waals surface area contributed by atoms with Crippen molar-refractivity contribution >= 4 is 11.9 Å². The van der Waals surface area contributed by atoms with E-state index in [9.17, 15) is 4.79 Å². The zero-order valence-corrected chi connectivity index (χ0v) is 33.4. The fraction of sp³-hybridized carbons (Fsp3) is 0.170. The van der Waals surface area contributed by atoms with Crippen LogP contribution in [0.3, 0.4) is 0 Å². The van der Waals surface area contributed by atoms with Crippen molar-refractivity contribution < 1.29 is 19.1 Å². The highest BCUT2D eigenvalue weighted by Crippen LogP contribution is 2.45. The summed E-state index contributed by atoms with van der Waals surface area (Å²) in [5.74, 6) is 0.102. The Hall–Kier alpha value is -6.76. The normalized spacial score (nSPS) is 12.3. The molecule has 7 rings (SSSR count). The number of nitrogens with zero attached hydrogens (tertiary/aromatic N) is 1. The molecule has 0 aromatic heterocycles. The molecule has 7 aromatic rings. The lowest BCUT2D eigenvalue weighted by Gasteiger charge is -2.46. The van der Waals surface area contributed by atoms with Crippen LogP contribution in [0.15, 0.2) is 206 Å². The lowest BCUT2D eigenvalue weighted by Crippen LogP contribution is -2.61. The maximum absolute atomic E-state index is 15.3. The van der Waals surface area contributed by atoms with Crippen molar-refractivity contribution in [1.29, 1.82) is 0 Å². The van der Waals surface area contributed by atoms with Gasteiger partial charge in [-0.1, -0.05) is 194 Å². The number of benzene rings is 7. The maximum Gasteiger partial charge on any atom is 0.325 e. The van der Waals surface area contributed by atoms with Crippen molar-refractivity contribution in [2.24, 2.45) is 0 Å². The van der Waals surface area contributed by atoms with Gasteiger partial charge in [-0.2, -0.15) is 0 Å². The molecule has 0 aliphatic carbocycles. The van der Waals surface area contributed by atoms with Crippen LogP contribution in [-0.2, 0) is 45.8 Å². The van der Waals surface area contributed by atoms with Crippen LogP contribution in [0.1, 0.15) is 38.9 Å². The van der Waals surface area contributed by atoms with E-state index in [1.54, 1.807) is 0 Å². The number of carbonyl (C=O) groups excluding carboxylic acids is 2. The molecule has 7 aromatic carbocycles. The van der Waals surface area contributed by atoms with Crippen molar-refractivity contribution in [3.8, 4) is 5.75 Å². The highest BCUT2D eigenvalue weighted by atomic mass is 16.5. The molecule has 0 heterocycles. The number of hydrogen-bond acceptors (Lipinski definition) is 5. The molecule has 59 heavy (non-hydrogen) atoms. The molecule has 296 valence electrons. The first-order valence-electron chi connectivity index (χ1n) is 20.2. The predicted molar refractivity (Wildman–Crippen MR) is 235 cm³/mol. The van der Waals surface area contributed by atoms with E-state index in [1.807, 2.05) is 170 Å². The zero-order chi connectivity index (χ0) is 40.7. The van der Waals surface area contributed by atoms with Crippen molar-refractivity contribution in [2.45, 2.75) is 43.6 Å². The molecule has 0 fully saturated rings. The molecule has 0 aliphatic rings. The molecule has 0 radical (unpaired) electrons. The number of esters is 1. The van der Waals surface area contributed by atoms with Crippen LogP contribution in [0, 0.1) is 0 Å². The Morgan fingerprint density at radius 1 is 0.525 bits per heavy atom. The first-order chi connectivity index (χ1) is 29.0. The van der Waals surface area contributed by atoms with Gasteiger partial charge in [0.1, 0.15) is 25.0 Å². The Morgan fingerprint density at radius 3 is 1.42 bits per heavy atom. The van der Waals surface area contributed by atoms with Gasteiger partial charge in [-0.15, -0.1) is 0 Å². The first-order valence-corrected chi connectivity index (χ1v) is 20.2. The van der Waals surface area contributed by atoms with E-state index < -0.39 is 23.5 Å². The summed E-state index contributed by atoms with van der Waals surface area (Å²) in [5.41, 5.74) is 5.59. The van der Waals surface area contributed by atoms with E-state index in [-0.39, 0.29) is 12.5 Å². The molecule has 2 atom stereocenters. The predicted octanol–water partition coefficient (Wildman–Crippen LogP) is 9.61. The highest BCUT2D eigenvalue weighted by molar-refractivity contribution is 5.86. The quantitative estimate of drug-likeness (QED) is 0.0695. The minimum atomic E-state index is -1.11. The van der Waals surface area contributed by atoms with Crippen LogP contribution in [0.2, 0.25) is 0 Å². The molecule has 0 saturated carbocycles. The fourth-order valence-corrected chi connectivity index (χ4v) is 7.91. The molecule has 6 heteroatoms. The van der Waals surface area contributed by atoms with E-state index in [0.717, 1.165) is 44.7 Å². The Labute approximate surface area is 348 Å². The van der Waals surface area contributed by atoms with Gasteiger partial charge in [-0.3, -0.25) is 14.5 Å². The fourth-order valence-electron chi connectivity index (χ4n) is 7.91. The Morgan fingerprint density at radius 2 is 0.949 bits per heavy atom. The number of ether oxygens (including phenoxy) is 2. The highest BCUT2D eigenvalue weighted by Gasteiger charge is 2.52. The number of carbonyl (C=O) groups is 2. The Kier molecular flexibility index (Phi) is 13.8. The average Bonchev–Trinajstić information content (AvgIpc) is 3.30. The van der Waals surface area contributed by atoms with Gasteiger partial charge in [0.2, 0.25) is 5.91 Å². The third-order valence-corrected chi connectivity index (χ3v) is 10.9. The lowest BCUT2D eigenvalue weighted by atomic mass is 9.64. The molecule has 2 unspecified atom stereocenters. The molecule has 1 amide bonds. The second-order valence-electron chi connectivity index (χ2n) is 14.7. The standard InChI is InChI=1S/C53H50N2O4/c1-55(49(51(56)54-37-36-41-20-8-2-9-21-41)38-42-32-34-48(35-33-42)58-39-43-22-10-3-11-23-43)50(52(57)59-40-44-24-12-4-13-25-44)53(45-26-14-5-15-27-45,46-28-16-6-17-29-46)47-30-18-7-19-31-47/h2-35,49-50H,36-40H2,1H3,(H,54,56). The summed E-state index contributed by atoms with van der Waals surface area (Å²) in [6.07, 6.45) is 0.991. The number of nitrogens with one attached hydrogen (secondary N) is 1. The topological polar surface area (TPSA) is 67.9 Å². The summed E-state index contributed by atoms with van der Waals surface area (Å²) in [7, 11) is 1.89. The monoisotopic (exact) mass is 778 g/mol. The Bertz CT molecular complexity index is 2230. The summed E-state index contributed by atoms with van der Waals surface area (Å²) in [6, 6.07) is 66.3. The molecular formula is C53H50N2O4. The van der Waals surface area contributed by atoms with Gasteiger partial charge in [0.15, 0.2) is 0 Å². The van der Waals surface area contributed by atoms with Gasteiger partial charge in [0, 0.05) is 6.54 Å². The third-order valence-electron chi connectivity index (χ3n) is 10.9. The number of amides is 1. The van der Waals surface area contributed by atoms with Gasteiger partial charge in [0.05, 0.1) is 11.5 Å². The number of rotatable bonds is 18. The van der Waals surface area contributed by atoms with Crippen LogP contribution in [0.25, 0.3) is 0 Å². The zero-order valence-electron chi connectivity index (χ0n) is 33.4. The number of likely N-dealkylation sites (N-methyl/N-ethyl adjacent to an activating group) is 1. The maximum atomic E-state index is 15.3. The van der Waals surface area contributed by atoms with Crippen molar-refractivity contribution in [3.05, 3.63) is 245 Å². The van der Waals surface area contributed by atoms with Crippen LogP contribution in [0.5, 0.6) is 5.75 Å². The molecule has 6 nitrogen and oxygen atoms in total. The molecule has 1 N–H and O–H groups in total. The summed E-state index contributed by atoms with van der Waals surface area (Å²) < 4.78 is 12.5. The van der Waals surface area contributed by atoms with Crippen molar-refractivity contribution in [2.75, 3.05) is 13.6 Å². The summed E-state index contributed by atoms with van der Waals surface area (Å²) in [6.45, 7) is 0.962. The molecule has 0 spiro atoms. The summed E-state index contributed by atoms with van der Waals surface area (Å²) in [5, 5.41) is 3.25. The van der Waals surface area contributed by atoms with Crippen molar-refractivity contribution in [3.63, 3.8) is 0 Å². The number of hydrogen-bond donors (Lipinski definition) is 1. The SMILES string of the molecule is CN(C(Cc1ccc(OCc2ccccc2)cc1)C(=O)NCCc1ccccc1)C(C(=O)OCc1ccccc1)C(c1ccccc1)(c1ccccc1)c1ccccc1. The molecule has 0 saturated heterocycles. The smallest absolute Gasteiger partial charge is 0.325 e. The Balaban J connectivity index is 1.31. The van der Waals surface area contributed by atoms with E-state index in [4.69, 9.17) is 9.47 Å². The van der Waals surface area contributed by atoms with Crippen LogP contribution in [0.4, 0.5) is 0 Å². The second-order valence-corrected chi connectivity index (χ2v) is 14.7. The second kappa shape index (κ2) is 20.1. The van der Waals surface area contributed by atoms with E-state index >= 15 is 4.79 Å². The third kappa shape index (κ3) is 10.0. The van der Waals surface area contributed by atoms with Gasteiger partial charge < -0.3 is 14.8 Å². The summed E-state index contributed by atoms with van der Waals surface area (Å²) in [4.78, 5) is 32.1. The minimum Gasteiger partial charge on any atom is -0.489 e. The summed E-state index contributed by atoms with van der Waals surface area (Å²) >= 11 is 0. The van der Waals surface area contributed by atoms with Crippen LogP contribution < -0.4 is 10.1 Å². The van der Waals surface area contributed by atoms with E-state index in [0.29, 0.717) is 26.0 Å². The van der Waals surface area contributed by atoms with E-state index in [1.165, 1.54) is 0 Å². The molecule has 0 bridgehead atoms.